The average molecular weight is 348 g/mol. The quantitative estimate of drug-likeness (QED) is 0.512. The van der Waals surface area contributed by atoms with Crippen molar-refractivity contribution in [2.24, 2.45) is 0 Å². The lowest BCUT2D eigenvalue weighted by atomic mass is 10.0. The SMILES string of the molecule is Brc1ccc2nc(-c3ccccc3)[nH]c2c1-c1[c]cccc1. The van der Waals surface area contributed by atoms with Crippen molar-refractivity contribution in [1.29, 1.82) is 0 Å². The number of halogens is 1. The van der Waals surface area contributed by atoms with Crippen LogP contribution in [0.25, 0.3) is 33.5 Å². The first-order valence-corrected chi connectivity index (χ1v) is 7.83. The molecule has 1 N–H and O–H groups in total. The number of benzene rings is 3. The normalized spacial score (nSPS) is 11.0. The highest BCUT2D eigenvalue weighted by Gasteiger charge is 2.13. The lowest BCUT2D eigenvalue weighted by Crippen LogP contribution is -1.83. The molecule has 2 nitrogen and oxygen atoms in total. The van der Waals surface area contributed by atoms with E-state index in [1.54, 1.807) is 0 Å². The molecule has 0 aliphatic rings. The summed E-state index contributed by atoms with van der Waals surface area (Å²) in [5, 5.41) is 0. The lowest BCUT2D eigenvalue weighted by molar-refractivity contribution is 1.34. The monoisotopic (exact) mass is 347 g/mol. The van der Waals surface area contributed by atoms with Gasteiger partial charge in [-0.05, 0) is 23.8 Å². The molecule has 0 aliphatic heterocycles. The largest absolute Gasteiger partial charge is 0.337 e. The molecule has 0 saturated heterocycles. The molecule has 0 spiro atoms. The highest BCUT2D eigenvalue weighted by Crippen LogP contribution is 2.35. The summed E-state index contributed by atoms with van der Waals surface area (Å²) >= 11 is 3.65. The molecule has 0 saturated carbocycles. The van der Waals surface area contributed by atoms with Crippen molar-refractivity contribution in [3.8, 4) is 22.5 Å². The average Bonchev–Trinajstić information content (AvgIpc) is 3.00. The second kappa shape index (κ2) is 5.43. The first-order valence-electron chi connectivity index (χ1n) is 7.03. The summed E-state index contributed by atoms with van der Waals surface area (Å²) in [7, 11) is 0. The zero-order valence-electron chi connectivity index (χ0n) is 11.7. The molecule has 105 valence electrons. The van der Waals surface area contributed by atoms with Crippen molar-refractivity contribution < 1.29 is 0 Å². The Morgan fingerprint density at radius 3 is 2.50 bits per heavy atom. The fourth-order valence-corrected chi connectivity index (χ4v) is 3.14. The van der Waals surface area contributed by atoms with E-state index in [2.05, 4.69) is 45.2 Å². The maximum Gasteiger partial charge on any atom is 0.138 e. The molecule has 4 rings (SSSR count). The molecule has 22 heavy (non-hydrogen) atoms. The van der Waals surface area contributed by atoms with Gasteiger partial charge in [-0.15, -0.1) is 0 Å². The number of H-pyrrole nitrogens is 1. The Morgan fingerprint density at radius 2 is 1.73 bits per heavy atom. The van der Waals surface area contributed by atoms with Crippen molar-refractivity contribution in [3.05, 3.63) is 77.3 Å². The van der Waals surface area contributed by atoms with Crippen molar-refractivity contribution >= 4 is 27.0 Å². The van der Waals surface area contributed by atoms with E-state index in [-0.39, 0.29) is 0 Å². The van der Waals surface area contributed by atoms with Crippen LogP contribution in [0.4, 0.5) is 0 Å². The van der Waals surface area contributed by atoms with E-state index < -0.39 is 0 Å². The number of nitrogens with one attached hydrogen (secondary N) is 1. The van der Waals surface area contributed by atoms with Gasteiger partial charge in [0.2, 0.25) is 0 Å². The first-order chi connectivity index (χ1) is 10.8. The summed E-state index contributed by atoms with van der Waals surface area (Å²) in [6, 6.07) is 25.5. The fourth-order valence-electron chi connectivity index (χ4n) is 2.60. The molecule has 1 aromatic heterocycles. The molecule has 0 aliphatic carbocycles. The second-order valence-electron chi connectivity index (χ2n) is 5.04. The predicted molar refractivity (Wildman–Crippen MR) is 93.5 cm³/mol. The van der Waals surface area contributed by atoms with E-state index in [1.807, 2.05) is 48.5 Å². The summed E-state index contributed by atoms with van der Waals surface area (Å²) < 4.78 is 1.03. The molecule has 0 atom stereocenters. The Balaban J connectivity index is 1.98. The highest BCUT2D eigenvalue weighted by atomic mass is 79.9. The van der Waals surface area contributed by atoms with E-state index in [1.165, 1.54) is 0 Å². The van der Waals surface area contributed by atoms with Gasteiger partial charge in [0.1, 0.15) is 5.82 Å². The summed E-state index contributed by atoms with van der Waals surface area (Å²) in [4.78, 5) is 8.18. The first kappa shape index (κ1) is 13.3. The van der Waals surface area contributed by atoms with Gasteiger partial charge in [-0.2, -0.15) is 0 Å². The van der Waals surface area contributed by atoms with Gasteiger partial charge >= 0.3 is 0 Å². The fraction of sp³-hybridized carbons (Fsp3) is 0. The number of aromatic nitrogens is 2. The minimum absolute atomic E-state index is 0.880. The smallest absolute Gasteiger partial charge is 0.138 e. The number of rotatable bonds is 2. The van der Waals surface area contributed by atoms with E-state index in [0.29, 0.717) is 0 Å². The minimum atomic E-state index is 0.880. The Bertz CT molecular complexity index is 928. The van der Waals surface area contributed by atoms with Crippen LogP contribution in [-0.4, -0.2) is 9.97 Å². The van der Waals surface area contributed by atoms with Crippen molar-refractivity contribution in [2.45, 2.75) is 0 Å². The van der Waals surface area contributed by atoms with Crippen LogP contribution in [0.15, 0.2) is 71.2 Å². The van der Waals surface area contributed by atoms with Gasteiger partial charge in [0.25, 0.3) is 0 Å². The standard InChI is InChI=1S/C19H12BrN2/c20-15-11-12-16-18(17(15)13-7-3-1-4-8-13)22-19(21-16)14-9-5-2-6-10-14/h1-7,9-12H,(H,21,22). The topological polar surface area (TPSA) is 28.7 Å². The van der Waals surface area contributed by atoms with Crippen LogP contribution >= 0.6 is 15.9 Å². The summed E-state index contributed by atoms with van der Waals surface area (Å²) in [5.74, 6) is 0.880. The maximum atomic E-state index is 4.72. The van der Waals surface area contributed by atoms with Crippen LogP contribution in [0.1, 0.15) is 0 Å². The van der Waals surface area contributed by atoms with E-state index in [9.17, 15) is 0 Å². The molecule has 4 aromatic rings. The molecule has 0 bridgehead atoms. The summed E-state index contributed by atoms with van der Waals surface area (Å²) in [5.41, 5.74) is 5.19. The highest BCUT2D eigenvalue weighted by molar-refractivity contribution is 9.10. The van der Waals surface area contributed by atoms with Gasteiger partial charge in [-0.3, -0.25) is 0 Å². The number of nitrogens with zero attached hydrogens (tertiary/aromatic N) is 1. The number of hydrogen-bond acceptors (Lipinski definition) is 1. The van der Waals surface area contributed by atoms with Crippen LogP contribution in [0.2, 0.25) is 0 Å². The van der Waals surface area contributed by atoms with E-state index >= 15 is 0 Å². The molecule has 0 amide bonds. The third-order valence-corrected chi connectivity index (χ3v) is 4.29. The van der Waals surface area contributed by atoms with Gasteiger partial charge in [-0.1, -0.05) is 70.5 Å². The number of aromatic amines is 1. The third kappa shape index (κ3) is 2.24. The van der Waals surface area contributed by atoms with Gasteiger partial charge in [0, 0.05) is 15.6 Å². The molecule has 1 heterocycles. The Hall–Kier alpha value is -2.39. The molecule has 1 radical (unpaired) electrons. The third-order valence-electron chi connectivity index (χ3n) is 3.63. The van der Waals surface area contributed by atoms with Crippen molar-refractivity contribution in [1.82, 2.24) is 9.97 Å². The zero-order chi connectivity index (χ0) is 14.9. The zero-order valence-corrected chi connectivity index (χ0v) is 13.3. The van der Waals surface area contributed by atoms with Crippen LogP contribution in [0.5, 0.6) is 0 Å². The number of hydrogen-bond donors (Lipinski definition) is 1. The van der Waals surface area contributed by atoms with Gasteiger partial charge in [-0.25, -0.2) is 4.98 Å². The van der Waals surface area contributed by atoms with E-state index in [4.69, 9.17) is 4.98 Å². The molecule has 0 fully saturated rings. The maximum absolute atomic E-state index is 4.72. The molecule has 3 heteroatoms. The predicted octanol–water partition coefficient (Wildman–Crippen LogP) is 5.46. The Labute approximate surface area is 137 Å². The van der Waals surface area contributed by atoms with Crippen molar-refractivity contribution in [3.63, 3.8) is 0 Å². The van der Waals surface area contributed by atoms with Crippen LogP contribution in [0, 0.1) is 6.07 Å². The summed E-state index contributed by atoms with van der Waals surface area (Å²) in [6.07, 6.45) is 0. The van der Waals surface area contributed by atoms with Crippen molar-refractivity contribution in [2.75, 3.05) is 0 Å². The van der Waals surface area contributed by atoms with Gasteiger partial charge in [0.15, 0.2) is 0 Å². The molecular weight excluding hydrogens is 336 g/mol. The van der Waals surface area contributed by atoms with Crippen LogP contribution < -0.4 is 0 Å². The van der Waals surface area contributed by atoms with E-state index in [0.717, 1.165) is 38.0 Å². The summed E-state index contributed by atoms with van der Waals surface area (Å²) in [6.45, 7) is 0. The van der Waals surface area contributed by atoms with Crippen LogP contribution in [0.3, 0.4) is 0 Å². The second-order valence-corrected chi connectivity index (χ2v) is 5.90. The Morgan fingerprint density at radius 1 is 0.909 bits per heavy atom. The van der Waals surface area contributed by atoms with Gasteiger partial charge < -0.3 is 4.98 Å². The number of imidazole rings is 1. The molecule has 3 aromatic carbocycles. The lowest BCUT2D eigenvalue weighted by Gasteiger charge is -2.05. The Kier molecular flexibility index (Phi) is 3.28. The molecule has 0 unspecified atom stereocenters. The van der Waals surface area contributed by atoms with Gasteiger partial charge in [0.05, 0.1) is 11.0 Å². The van der Waals surface area contributed by atoms with Crippen LogP contribution in [-0.2, 0) is 0 Å². The number of fused-ring (bicyclic) bond motifs is 1. The molecular formula is C19H12BrN2. The minimum Gasteiger partial charge on any atom is -0.337 e.